The van der Waals surface area contributed by atoms with E-state index in [1.807, 2.05) is 19.9 Å². The van der Waals surface area contributed by atoms with Gasteiger partial charge in [0.2, 0.25) is 5.91 Å². The lowest BCUT2D eigenvalue weighted by Crippen LogP contribution is -2.40. The maximum atomic E-state index is 11.6. The third kappa shape index (κ3) is 4.01. The van der Waals surface area contributed by atoms with Gasteiger partial charge < -0.3 is 10.1 Å². The van der Waals surface area contributed by atoms with Gasteiger partial charge in [-0.05, 0) is 13.8 Å². The summed E-state index contributed by atoms with van der Waals surface area (Å²) in [6.45, 7) is 8.61. The number of amides is 1. The SMILES string of the molecule is C/C=C(\CN1CCOCC1)C(=O)NCC. The minimum absolute atomic E-state index is 0.0477. The van der Waals surface area contributed by atoms with Crippen LogP contribution in [0.25, 0.3) is 0 Å². The highest BCUT2D eigenvalue weighted by Gasteiger charge is 2.15. The van der Waals surface area contributed by atoms with Gasteiger partial charge in [0.15, 0.2) is 0 Å². The molecular weight excluding hydrogens is 192 g/mol. The summed E-state index contributed by atoms with van der Waals surface area (Å²) in [5.41, 5.74) is 0.846. The van der Waals surface area contributed by atoms with Crippen LogP contribution in [-0.4, -0.2) is 50.2 Å². The summed E-state index contributed by atoms with van der Waals surface area (Å²) in [7, 11) is 0. The highest BCUT2D eigenvalue weighted by Crippen LogP contribution is 2.03. The number of allylic oxidation sites excluding steroid dienone is 1. The molecule has 1 aliphatic heterocycles. The lowest BCUT2D eigenvalue weighted by atomic mass is 10.2. The van der Waals surface area contributed by atoms with Crippen LogP contribution in [0.4, 0.5) is 0 Å². The number of rotatable bonds is 4. The van der Waals surface area contributed by atoms with Crippen LogP contribution in [0, 0.1) is 0 Å². The lowest BCUT2D eigenvalue weighted by Gasteiger charge is -2.27. The van der Waals surface area contributed by atoms with Gasteiger partial charge in [-0.15, -0.1) is 0 Å². The molecule has 1 aliphatic rings. The molecule has 0 unspecified atom stereocenters. The zero-order chi connectivity index (χ0) is 11.1. The van der Waals surface area contributed by atoms with Crippen LogP contribution < -0.4 is 5.32 Å². The third-order valence-corrected chi connectivity index (χ3v) is 2.48. The van der Waals surface area contributed by atoms with Crippen molar-refractivity contribution in [1.82, 2.24) is 10.2 Å². The van der Waals surface area contributed by atoms with Crippen LogP contribution in [0.5, 0.6) is 0 Å². The van der Waals surface area contributed by atoms with E-state index in [2.05, 4.69) is 10.2 Å². The van der Waals surface area contributed by atoms with Crippen molar-refractivity contribution in [3.8, 4) is 0 Å². The number of hydrogen-bond donors (Lipinski definition) is 1. The number of nitrogens with zero attached hydrogens (tertiary/aromatic N) is 1. The maximum Gasteiger partial charge on any atom is 0.248 e. The number of morpholine rings is 1. The number of hydrogen-bond acceptors (Lipinski definition) is 3. The first-order valence-electron chi connectivity index (χ1n) is 5.51. The fraction of sp³-hybridized carbons (Fsp3) is 0.727. The van der Waals surface area contributed by atoms with Gasteiger partial charge in [-0.2, -0.15) is 0 Å². The van der Waals surface area contributed by atoms with Gasteiger partial charge in [0.25, 0.3) is 0 Å². The number of ether oxygens (including phenoxy) is 1. The lowest BCUT2D eigenvalue weighted by molar-refractivity contribution is -0.117. The quantitative estimate of drug-likeness (QED) is 0.686. The second-order valence-electron chi connectivity index (χ2n) is 3.56. The molecule has 0 aromatic carbocycles. The Morgan fingerprint density at radius 3 is 2.67 bits per heavy atom. The number of nitrogens with one attached hydrogen (secondary N) is 1. The van der Waals surface area contributed by atoms with Crippen LogP contribution in [0.1, 0.15) is 13.8 Å². The molecule has 1 heterocycles. The van der Waals surface area contributed by atoms with Crippen LogP contribution in [0.15, 0.2) is 11.6 Å². The van der Waals surface area contributed by atoms with Crippen molar-refractivity contribution in [3.05, 3.63) is 11.6 Å². The first-order chi connectivity index (χ1) is 7.27. The summed E-state index contributed by atoms with van der Waals surface area (Å²) in [4.78, 5) is 13.9. The van der Waals surface area contributed by atoms with Crippen molar-refractivity contribution in [2.45, 2.75) is 13.8 Å². The van der Waals surface area contributed by atoms with E-state index in [1.165, 1.54) is 0 Å². The van der Waals surface area contributed by atoms with Crippen molar-refractivity contribution in [3.63, 3.8) is 0 Å². The molecule has 1 rings (SSSR count). The van der Waals surface area contributed by atoms with Crippen molar-refractivity contribution in [2.24, 2.45) is 0 Å². The van der Waals surface area contributed by atoms with E-state index < -0.39 is 0 Å². The third-order valence-electron chi connectivity index (χ3n) is 2.48. The first kappa shape index (κ1) is 12.2. The largest absolute Gasteiger partial charge is 0.379 e. The van der Waals surface area contributed by atoms with E-state index >= 15 is 0 Å². The van der Waals surface area contributed by atoms with Crippen LogP contribution in [0.3, 0.4) is 0 Å². The second-order valence-corrected chi connectivity index (χ2v) is 3.56. The zero-order valence-electron chi connectivity index (χ0n) is 9.58. The Morgan fingerprint density at radius 1 is 1.47 bits per heavy atom. The first-order valence-corrected chi connectivity index (χ1v) is 5.51. The molecule has 1 fully saturated rings. The fourth-order valence-electron chi connectivity index (χ4n) is 1.57. The molecule has 0 aromatic rings. The van der Waals surface area contributed by atoms with Crippen molar-refractivity contribution in [2.75, 3.05) is 39.4 Å². The Labute approximate surface area is 91.3 Å². The Hall–Kier alpha value is -0.870. The summed E-state index contributed by atoms with van der Waals surface area (Å²) >= 11 is 0. The minimum atomic E-state index is 0.0477. The van der Waals surface area contributed by atoms with Crippen molar-refractivity contribution < 1.29 is 9.53 Å². The molecule has 0 spiro atoms. The van der Waals surface area contributed by atoms with Crippen molar-refractivity contribution >= 4 is 5.91 Å². The van der Waals surface area contributed by atoms with E-state index in [-0.39, 0.29) is 5.91 Å². The van der Waals surface area contributed by atoms with Crippen LogP contribution >= 0.6 is 0 Å². The van der Waals surface area contributed by atoms with E-state index in [0.29, 0.717) is 6.54 Å². The maximum absolute atomic E-state index is 11.6. The Balaban J connectivity index is 2.42. The second kappa shape index (κ2) is 6.58. The molecule has 1 amide bonds. The summed E-state index contributed by atoms with van der Waals surface area (Å²) in [6.07, 6.45) is 1.89. The van der Waals surface area contributed by atoms with Gasteiger partial charge in [-0.3, -0.25) is 9.69 Å². The van der Waals surface area contributed by atoms with Crippen molar-refractivity contribution in [1.29, 1.82) is 0 Å². The summed E-state index contributed by atoms with van der Waals surface area (Å²) < 4.78 is 5.26. The van der Waals surface area contributed by atoms with E-state index in [0.717, 1.165) is 38.4 Å². The van der Waals surface area contributed by atoms with E-state index in [1.54, 1.807) is 0 Å². The number of carbonyl (C=O) groups excluding carboxylic acids is 1. The van der Waals surface area contributed by atoms with Gasteiger partial charge in [0, 0.05) is 31.8 Å². The molecule has 86 valence electrons. The average molecular weight is 212 g/mol. The van der Waals surface area contributed by atoms with Crippen LogP contribution in [0.2, 0.25) is 0 Å². The topological polar surface area (TPSA) is 41.6 Å². The molecule has 1 N–H and O–H groups in total. The van der Waals surface area contributed by atoms with Gasteiger partial charge in [-0.1, -0.05) is 6.08 Å². The number of likely N-dealkylation sites (N-methyl/N-ethyl adjacent to an activating group) is 1. The molecule has 4 nitrogen and oxygen atoms in total. The monoisotopic (exact) mass is 212 g/mol. The highest BCUT2D eigenvalue weighted by molar-refractivity contribution is 5.93. The summed E-state index contributed by atoms with van der Waals surface area (Å²) in [5.74, 6) is 0.0477. The standard InChI is InChI=1S/C11H20N2O2/c1-3-10(11(14)12-4-2)9-13-5-7-15-8-6-13/h3H,4-9H2,1-2H3,(H,12,14)/b10-3+. The molecule has 1 saturated heterocycles. The Morgan fingerprint density at radius 2 is 2.13 bits per heavy atom. The fourth-order valence-corrected chi connectivity index (χ4v) is 1.57. The molecule has 0 saturated carbocycles. The molecular formula is C11H20N2O2. The van der Waals surface area contributed by atoms with Crippen LogP contribution in [-0.2, 0) is 9.53 Å². The molecule has 0 bridgehead atoms. The highest BCUT2D eigenvalue weighted by atomic mass is 16.5. The molecule has 0 aliphatic carbocycles. The Kier molecular flexibility index (Phi) is 5.36. The normalized spacial score (nSPS) is 18.9. The molecule has 0 radical (unpaired) electrons. The van der Waals surface area contributed by atoms with Gasteiger partial charge >= 0.3 is 0 Å². The van der Waals surface area contributed by atoms with E-state index in [9.17, 15) is 4.79 Å². The van der Waals surface area contributed by atoms with Gasteiger partial charge in [0.1, 0.15) is 0 Å². The molecule has 4 heteroatoms. The molecule has 15 heavy (non-hydrogen) atoms. The smallest absolute Gasteiger partial charge is 0.248 e. The summed E-state index contributed by atoms with van der Waals surface area (Å²) in [5, 5.41) is 2.82. The number of carbonyl (C=O) groups is 1. The van der Waals surface area contributed by atoms with Gasteiger partial charge in [0.05, 0.1) is 13.2 Å². The zero-order valence-corrected chi connectivity index (χ0v) is 9.58. The molecule has 0 aromatic heterocycles. The van der Waals surface area contributed by atoms with Gasteiger partial charge in [-0.25, -0.2) is 0 Å². The summed E-state index contributed by atoms with van der Waals surface area (Å²) in [6, 6.07) is 0. The average Bonchev–Trinajstić information content (AvgIpc) is 2.27. The minimum Gasteiger partial charge on any atom is -0.379 e. The Bertz CT molecular complexity index is 233. The van der Waals surface area contributed by atoms with E-state index in [4.69, 9.17) is 4.74 Å². The predicted molar refractivity (Wildman–Crippen MR) is 59.7 cm³/mol. The predicted octanol–water partition coefficient (Wildman–Crippen LogP) is 0.401. The molecule has 0 atom stereocenters.